The molecule has 2 fully saturated rings. The second-order valence-corrected chi connectivity index (χ2v) is 10.0. The quantitative estimate of drug-likeness (QED) is 0.785. The first-order valence-electron chi connectivity index (χ1n) is 9.07. The van der Waals surface area contributed by atoms with Crippen LogP contribution in [0.25, 0.3) is 0 Å². The van der Waals surface area contributed by atoms with Crippen molar-refractivity contribution in [3.8, 4) is 0 Å². The van der Waals surface area contributed by atoms with Crippen LogP contribution < -0.4 is 5.32 Å². The summed E-state index contributed by atoms with van der Waals surface area (Å²) in [5, 5.41) is 2.77. The van der Waals surface area contributed by atoms with Crippen LogP contribution in [-0.2, 0) is 9.59 Å². The standard InChI is InChI=1S/C18H22F3N3O2S2/c1-12-4-2-6-22-15(12)23-16(26)13-5-3-7-24(11-13)14(25)10-17(18(19,20)21)27-8-9-28-17/h2,4,6,13H,3,5,7-11H2,1H3,(H,22,23,26)/t13-/m0/s1. The maximum absolute atomic E-state index is 13.5. The molecule has 1 aromatic rings. The average Bonchev–Trinajstić information content (AvgIpc) is 3.13. The number of anilines is 1. The Kier molecular flexibility index (Phi) is 6.48. The fourth-order valence-corrected chi connectivity index (χ4v) is 6.32. The summed E-state index contributed by atoms with van der Waals surface area (Å²) in [5.74, 6) is -0.0200. The number of thioether (sulfide) groups is 2. The van der Waals surface area contributed by atoms with E-state index in [2.05, 4.69) is 10.3 Å². The Bertz CT molecular complexity index is 739. The molecular formula is C18H22F3N3O2S2. The van der Waals surface area contributed by atoms with E-state index in [4.69, 9.17) is 0 Å². The van der Waals surface area contributed by atoms with Crippen LogP contribution in [0.3, 0.4) is 0 Å². The number of nitrogens with zero attached hydrogens (tertiary/aromatic N) is 2. The smallest absolute Gasteiger partial charge is 0.342 e. The number of carbonyl (C=O) groups excluding carboxylic acids is 2. The van der Waals surface area contributed by atoms with E-state index in [1.54, 1.807) is 12.3 Å². The van der Waals surface area contributed by atoms with E-state index in [0.717, 1.165) is 29.1 Å². The topological polar surface area (TPSA) is 62.3 Å². The number of nitrogens with one attached hydrogen (secondary N) is 1. The number of likely N-dealkylation sites (tertiary alicyclic amines) is 1. The molecule has 0 spiro atoms. The minimum atomic E-state index is -4.45. The van der Waals surface area contributed by atoms with E-state index < -0.39 is 28.5 Å². The molecular weight excluding hydrogens is 411 g/mol. The number of hydrogen-bond donors (Lipinski definition) is 1. The molecule has 0 saturated carbocycles. The fraction of sp³-hybridized carbons (Fsp3) is 0.611. The van der Waals surface area contributed by atoms with Crippen LogP contribution in [0.15, 0.2) is 18.3 Å². The predicted octanol–water partition coefficient (Wildman–Crippen LogP) is 3.70. The van der Waals surface area contributed by atoms with Gasteiger partial charge in [0.05, 0.1) is 12.3 Å². The van der Waals surface area contributed by atoms with Crippen molar-refractivity contribution in [1.29, 1.82) is 0 Å². The Balaban J connectivity index is 1.63. The highest BCUT2D eigenvalue weighted by Crippen LogP contribution is 2.56. The van der Waals surface area contributed by atoms with Crippen molar-refractivity contribution in [3.63, 3.8) is 0 Å². The van der Waals surface area contributed by atoms with Crippen LogP contribution in [0.2, 0.25) is 0 Å². The van der Waals surface area contributed by atoms with Gasteiger partial charge < -0.3 is 10.2 Å². The van der Waals surface area contributed by atoms with Crippen molar-refractivity contribution in [3.05, 3.63) is 23.9 Å². The molecule has 10 heteroatoms. The lowest BCUT2D eigenvalue weighted by Gasteiger charge is -2.35. The highest BCUT2D eigenvalue weighted by molar-refractivity contribution is 8.21. The van der Waals surface area contributed by atoms with Crippen molar-refractivity contribution in [2.45, 2.75) is 36.4 Å². The summed E-state index contributed by atoms with van der Waals surface area (Å²) >= 11 is 1.60. The summed E-state index contributed by atoms with van der Waals surface area (Å²) in [6.07, 6.45) is -2.27. The van der Waals surface area contributed by atoms with Crippen molar-refractivity contribution in [2.75, 3.05) is 29.9 Å². The van der Waals surface area contributed by atoms with Gasteiger partial charge in [-0.05, 0) is 31.4 Å². The molecule has 1 atom stereocenters. The van der Waals surface area contributed by atoms with Gasteiger partial charge in [0.15, 0.2) is 4.08 Å². The molecule has 0 aromatic carbocycles. The fourth-order valence-electron chi connectivity index (χ4n) is 3.38. The monoisotopic (exact) mass is 433 g/mol. The van der Waals surface area contributed by atoms with E-state index in [9.17, 15) is 22.8 Å². The van der Waals surface area contributed by atoms with Crippen molar-refractivity contribution >= 4 is 41.2 Å². The normalized spacial score (nSPS) is 22.1. The van der Waals surface area contributed by atoms with Gasteiger partial charge in [0, 0.05) is 30.8 Å². The Labute approximate surface area is 170 Å². The Hall–Kier alpha value is -1.42. The highest BCUT2D eigenvalue weighted by atomic mass is 32.2. The third kappa shape index (κ3) is 4.59. The number of alkyl halides is 3. The molecule has 2 aliphatic rings. The molecule has 1 N–H and O–H groups in total. The number of piperidine rings is 1. The van der Waals surface area contributed by atoms with Gasteiger partial charge in [-0.1, -0.05) is 6.07 Å². The number of pyridine rings is 1. The third-order valence-electron chi connectivity index (χ3n) is 4.97. The number of aromatic nitrogens is 1. The zero-order valence-corrected chi connectivity index (χ0v) is 17.1. The summed E-state index contributed by atoms with van der Waals surface area (Å²) in [4.78, 5) is 30.8. The van der Waals surface area contributed by atoms with Gasteiger partial charge in [0.25, 0.3) is 0 Å². The van der Waals surface area contributed by atoms with Crippen LogP contribution in [0, 0.1) is 12.8 Å². The molecule has 28 heavy (non-hydrogen) atoms. The van der Waals surface area contributed by atoms with Crippen molar-refractivity contribution in [2.24, 2.45) is 5.92 Å². The first kappa shape index (κ1) is 21.3. The van der Waals surface area contributed by atoms with E-state index in [-0.39, 0.29) is 12.5 Å². The number of amides is 2. The average molecular weight is 434 g/mol. The highest BCUT2D eigenvalue weighted by Gasteiger charge is 2.59. The minimum Gasteiger partial charge on any atom is -0.342 e. The van der Waals surface area contributed by atoms with Crippen LogP contribution in [0.4, 0.5) is 19.0 Å². The van der Waals surface area contributed by atoms with Gasteiger partial charge in [-0.3, -0.25) is 9.59 Å². The Morgan fingerprint density at radius 2 is 2.07 bits per heavy atom. The lowest BCUT2D eigenvalue weighted by molar-refractivity contribution is -0.152. The van der Waals surface area contributed by atoms with Gasteiger partial charge in [-0.25, -0.2) is 4.98 Å². The SMILES string of the molecule is Cc1cccnc1NC(=O)[C@H]1CCCN(C(=O)CC2(C(F)(F)F)SCCS2)C1. The molecule has 0 bridgehead atoms. The predicted molar refractivity (Wildman–Crippen MR) is 105 cm³/mol. The molecule has 0 aliphatic carbocycles. The van der Waals surface area contributed by atoms with Gasteiger partial charge in [-0.15, -0.1) is 23.5 Å². The molecule has 3 rings (SSSR count). The zero-order chi connectivity index (χ0) is 20.4. The second kappa shape index (κ2) is 8.52. The molecule has 2 aliphatic heterocycles. The number of halogens is 3. The first-order valence-corrected chi connectivity index (χ1v) is 11.0. The number of aryl methyl sites for hydroxylation is 1. The Morgan fingerprint density at radius 3 is 2.71 bits per heavy atom. The van der Waals surface area contributed by atoms with Crippen molar-refractivity contribution in [1.82, 2.24) is 9.88 Å². The summed E-state index contributed by atoms with van der Waals surface area (Å²) in [7, 11) is 0. The molecule has 154 valence electrons. The summed E-state index contributed by atoms with van der Waals surface area (Å²) in [6.45, 7) is 2.35. The molecule has 2 amide bonds. The largest absolute Gasteiger partial charge is 0.412 e. The molecule has 5 nitrogen and oxygen atoms in total. The lowest BCUT2D eigenvalue weighted by Crippen LogP contribution is -2.48. The number of carbonyl (C=O) groups is 2. The maximum Gasteiger partial charge on any atom is 0.412 e. The summed E-state index contributed by atoms with van der Waals surface area (Å²) in [5.41, 5.74) is 0.821. The third-order valence-corrected chi connectivity index (χ3v) is 8.43. The van der Waals surface area contributed by atoms with Crippen LogP contribution >= 0.6 is 23.5 Å². The van der Waals surface area contributed by atoms with E-state index in [1.807, 2.05) is 13.0 Å². The van der Waals surface area contributed by atoms with Gasteiger partial charge in [-0.2, -0.15) is 13.2 Å². The van der Waals surface area contributed by atoms with Gasteiger partial charge in [0.2, 0.25) is 11.8 Å². The molecule has 1 aromatic heterocycles. The van der Waals surface area contributed by atoms with Crippen molar-refractivity contribution < 1.29 is 22.8 Å². The number of rotatable bonds is 4. The lowest BCUT2D eigenvalue weighted by atomic mass is 9.96. The van der Waals surface area contributed by atoms with Crippen LogP contribution in [-0.4, -0.2) is 56.5 Å². The Morgan fingerprint density at radius 1 is 1.36 bits per heavy atom. The van der Waals surface area contributed by atoms with E-state index in [1.165, 1.54) is 4.90 Å². The molecule has 0 unspecified atom stereocenters. The second-order valence-electron chi connectivity index (χ2n) is 6.96. The van der Waals surface area contributed by atoms with Gasteiger partial charge in [0.1, 0.15) is 5.82 Å². The minimum absolute atomic E-state index is 0.139. The van der Waals surface area contributed by atoms with Gasteiger partial charge >= 0.3 is 6.18 Å². The molecule has 2 saturated heterocycles. The maximum atomic E-state index is 13.5. The van der Waals surface area contributed by atoms with Crippen LogP contribution in [0.5, 0.6) is 0 Å². The first-order chi connectivity index (χ1) is 13.2. The number of hydrogen-bond acceptors (Lipinski definition) is 5. The summed E-state index contributed by atoms with van der Waals surface area (Å²) in [6, 6.07) is 3.59. The van der Waals surface area contributed by atoms with Crippen LogP contribution in [0.1, 0.15) is 24.8 Å². The zero-order valence-electron chi connectivity index (χ0n) is 15.4. The molecule has 3 heterocycles. The summed E-state index contributed by atoms with van der Waals surface area (Å²) < 4.78 is 38.6. The molecule has 0 radical (unpaired) electrons. The van der Waals surface area contributed by atoms with E-state index in [0.29, 0.717) is 36.7 Å². The van der Waals surface area contributed by atoms with E-state index >= 15 is 0 Å².